The molecule has 4 heterocycles. The van der Waals surface area contributed by atoms with Crippen LogP contribution in [0.25, 0.3) is 0 Å². The molecular weight excluding hydrogens is 370 g/mol. The van der Waals surface area contributed by atoms with Gasteiger partial charge in [0.25, 0.3) is 0 Å². The topological polar surface area (TPSA) is 79.2 Å². The Labute approximate surface area is 163 Å². The SMILES string of the molecule is Cc1csc(C#N)c1CO[C@@H]1[C@H]2OC(C)(C)O[C@H]2O[C@@H]1[C@H]1COC(C)(C)O1. The van der Waals surface area contributed by atoms with Crippen molar-refractivity contribution in [2.75, 3.05) is 6.61 Å². The van der Waals surface area contributed by atoms with Crippen molar-refractivity contribution in [3.63, 3.8) is 0 Å². The van der Waals surface area contributed by atoms with Crippen LogP contribution in [0.2, 0.25) is 0 Å². The van der Waals surface area contributed by atoms with Gasteiger partial charge in [-0.1, -0.05) is 0 Å². The van der Waals surface area contributed by atoms with Crippen LogP contribution in [-0.2, 0) is 35.0 Å². The first-order valence-corrected chi connectivity index (χ1v) is 9.98. The van der Waals surface area contributed by atoms with Crippen LogP contribution in [0.4, 0.5) is 0 Å². The maximum Gasteiger partial charge on any atom is 0.190 e. The van der Waals surface area contributed by atoms with E-state index in [-0.39, 0.29) is 24.4 Å². The van der Waals surface area contributed by atoms with E-state index in [4.69, 9.17) is 28.4 Å². The molecule has 0 saturated carbocycles. The molecule has 0 radical (unpaired) electrons. The van der Waals surface area contributed by atoms with E-state index in [0.29, 0.717) is 18.1 Å². The fourth-order valence-electron chi connectivity index (χ4n) is 3.79. The average molecular weight is 395 g/mol. The van der Waals surface area contributed by atoms with Crippen molar-refractivity contribution < 1.29 is 28.4 Å². The van der Waals surface area contributed by atoms with E-state index in [1.54, 1.807) is 0 Å². The van der Waals surface area contributed by atoms with Crippen LogP contribution >= 0.6 is 11.3 Å². The van der Waals surface area contributed by atoms with Gasteiger partial charge in [0.1, 0.15) is 35.4 Å². The molecule has 0 amide bonds. The highest BCUT2D eigenvalue weighted by Gasteiger charge is 2.58. The first-order valence-electron chi connectivity index (χ1n) is 9.11. The molecule has 0 spiro atoms. The van der Waals surface area contributed by atoms with Gasteiger partial charge in [-0.05, 0) is 45.6 Å². The summed E-state index contributed by atoms with van der Waals surface area (Å²) in [5, 5.41) is 11.3. The van der Waals surface area contributed by atoms with Crippen molar-refractivity contribution in [1.82, 2.24) is 0 Å². The largest absolute Gasteiger partial charge is 0.368 e. The van der Waals surface area contributed by atoms with E-state index >= 15 is 0 Å². The summed E-state index contributed by atoms with van der Waals surface area (Å²) in [6.07, 6.45) is -1.90. The third-order valence-electron chi connectivity index (χ3n) is 5.05. The second-order valence-corrected chi connectivity index (χ2v) is 8.93. The van der Waals surface area contributed by atoms with Crippen LogP contribution in [0, 0.1) is 18.3 Å². The summed E-state index contributed by atoms with van der Waals surface area (Å²) < 4.78 is 36.0. The van der Waals surface area contributed by atoms with E-state index in [9.17, 15) is 5.26 Å². The van der Waals surface area contributed by atoms with Crippen molar-refractivity contribution in [2.45, 2.75) is 83.5 Å². The first kappa shape index (κ1) is 19.3. The van der Waals surface area contributed by atoms with Gasteiger partial charge in [-0.25, -0.2) is 0 Å². The smallest absolute Gasteiger partial charge is 0.190 e. The minimum atomic E-state index is -0.732. The number of rotatable bonds is 4. The molecule has 1 aromatic rings. The molecule has 8 heteroatoms. The summed E-state index contributed by atoms with van der Waals surface area (Å²) in [7, 11) is 0. The number of thiophene rings is 1. The molecule has 0 aliphatic carbocycles. The van der Waals surface area contributed by atoms with Crippen LogP contribution in [0.5, 0.6) is 0 Å². The lowest BCUT2D eigenvalue weighted by Crippen LogP contribution is -2.44. The number of fused-ring (bicyclic) bond motifs is 1. The predicted molar refractivity (Wildman–Crippen MR) is 96.0 cm³/mol. The summed E-state index contributed by atoms with van der Waals surface area (Å²) >= 11 is 1.43. The lowest BCUT2D eigenvalue weighted by molar-refractivity contribution is -0.236. The number of hydrogen-bond acceptors (Lipinski definition) is 8. The second-order valence-electron chi connectivity index (χ2n) is 8.05. The van der Waals surface area contributed by atoms with Crippen molar-refractivity contribution in [2.24, 2.45) is 0 Å². The van der Waals surface area contributed by atoms with Crippen molar-refractivity contribution in [3.05, 3.63) is 21.4 Å². The number of nitriles is 1. The van der Waals surface area contributed by atoms with Gasteiger partial charge in [0.05, 0.1) is 13.2 Å². The highest BCUT2D eigenvalue weighted by Crippen LogP contribution is 2.42. The normalized spacial score (nSPS) is 36.7. The van der Waals surface area contributed by atoms with E-state index in [1.165, 1.54) is 11.3 Å². The fourth-order valence-corrected chi connectivity index (χ4v) is 4.64. The molecule has 148 valence electrons. The number of hydrogen-bond donors (Lipinski definition) is 0. The fraction of sp³-hybridized carbons (Fsp3) is 0.737. The van der Waals surface area contributed by atoms with E-state index in [2.05, 4.69) is 6.07 Å². The zero-order valence-electron chi connectivity index (χ0n) is 16.2. The van der Waals surface area contributed by atoms with Crippen molar-refractivity contribution in [3.8, 4) is 6.07 Å². The van der Waals surface area contributed by atoms with Gasteiger partial charge < -0.3 is 28.4 Å². The first-order chi connectivity index (χ1) is 12.7. The molecule has 7 nitrogen and oxygen atoms in total. The maximum absolute atomic E-state index is 9.32. The Morgan fingerprint density at radius 2 is 1.96 bits per heavy atom. The molecule has 0 aromatic carbocycles. The zero-order chi connectivity index (χ0) is 19.4. The van der Waals surface area contributed by atoms with Crippen LogP contribution in [0.15, 0.2) is 5.38 Å². The highest BCUT2D eigenvalue weighted by molar-refractivity contribution is 7.10. The molecule has 3 aliphatic heterocycles. The Morgan fingerprint density at radius 3 is 2.63 bits per heavy atom. The van der Waals surface area contributed by atoms with Gasteiger partial charge in [0.15, 0.2) is 17.9 Å². The summed E-state index contributed by atoms with van der Waals surface area (Å²) in [6, 6.07) is 2.23. The van der Waals surface area contributed by atoms with Crippen LogP contribution in [-0.4, -0.2) is 48.9 Å². The molecule has 0 N–H and O–H groups in total. The predicted octanol–water partition coefficient (Wildman–Crippen LogP) is 2.84. The lowest BCUT2D eigenvalue weighted by Gasteiger charge is -2.29. The van der Waals surface area contributed by atoms with Crippen LogP contribution < -0.4 is 0 Å². The summed E-state index contributed by atoms with van der Waals surface area (Å²) in [6.45, 7) is 10.2. The molecule has 3 fully saturated rings. The minimum absolute atomic E-state index is 0.273. The Kier molecular flexibility index (Phi) is 4.84. The van der Waals surface area contributed by atoms with Crippen LogP contribution in [0.3, 0.4) is 0 Å². The molecule has 3 saturated heterocycles. The quantitative estimate of drug-likeness (QED) is 0.775. The van der Waals surface area contributed by atoms with E-state index in [0.717, 1.165) is 11.1 Å². The Morgan fingerprint density at radius 1 is 1.19 bits per heavy atom. The second kappa shape index (κ2) is 6.78. The molecule has 0 bridgehead atoms. The summed E-state index contributed by atoms with van der Waals surface area (Å²) in [5.41, 5.74) is 1.96. The summed E-state index contributed by atoms with van der Waals surface area (Å²) in [4.78, 5) is 0.671. The highest BCUT2D eigenvalue weighted by atomic mass is 32.1. The molecule has 4 rings (SSSR count). The molecular formula is C19H25NO6S. The van der Waals surface area contributed by atoms with Gasteiger partial charge in [0, 0.05) is 5.56 Å². The molecule has 27 heavy (non-hydrogen) atoms. The molecule has 3 aliphatic rings. The molecule has 5 atom stereocenters. The number of aryl methyl sites for hydroxylation is 1. The Bertz CT molecular complexity index is 754. The van der Waals surface area contributed by atoms with Crippen molar-refractivity contribution in [1.29, 1.82) is 5.26 Å². The Hall–Kier alpha value is -1.05. The molecule has 0 unspecified atom stereocenters. The molecule has 1 aromatic heterocycles. The van der Waals surface area contributed by atoms with E-state index in [1.807, 2.05) is 40.0 Å². The van der Waals surface area contributed by atoms with Gasteiger partial charge in [-0.3, -0.25) is 0 Å². The van der Waals surface area contributed by atoms with E-state index < -0.39 is 17.9 Å². The standard InChI is InChI=1S/C19H25NO6S/c1-10-9-27-13(6-20)11(10)7-21-15-14(12-8-22-18(2,3)24-12)23-17-16(15)25-19(4,5)26-17/h9,12,14-17H,7-8H2,1-5H3/t12-,14-,15+,16-,17-/m1/s1. The zero-order valence-corrected chi connectivity index (χ0v) is 17.0. The van der Waals surface area contributed by atoms with Gasteiger partial charge in [-0.2, -0.15) is 5.26 Å². The summed E-state index contributed by atoms with van der Waals surface area (Å²) in [5.74, 6) is -1.39. The number of ether oxygens (including phenoxy) is 6. The van der Waals surface area contributed by atoms with Gasteiger partial charge in [-0.15, -0.1) is 11.3 Å². The minimum Gasteiger partial charge on any atom is -0.368 e. The lowest BCUT2D eigenvalue weighted by atomic mass is 10.1. The number of nitrogens with zero attached hydrogens (tertiary/aromatic N) is 1. The third-order valence-corrected chi connectivity index (χ3v) is 6.09. The van der Waals surface area contributed by atoms with Crippen molar-refractivity contribution >= 4 is 11.3 Å². The third kappa shape index (κ3) is 3.66. The maximum atomic E-state index is 9.32. The average Bonchev–Trinajstić information content (AvgIpc) is 3.27. The van der Waals surface area contributed by atoms with Gasteiger partial charge >= 0.3 is 0 Å². The van der Waals surface area contributed by atoms with Gasteiger partial charge in [0.2, 0.25) is 0 Å². The monoisotopic (exact) mass is 395 g/mol. The van der Waals surface area contributed by atoms with Crippen LogP contribution in [0.1, 0.15) is 43.7 Å². The Balaban J connectivity index is 1.53.